The van der Waals surface area contributed by atoms with Crippen LogP contribution in [0.4, 0.5) is 0 Å². The molecule has 0 spiro atoms. The molecule has 0 rings (SSSR count). The van der Waals surface area contributed by atoms with Crippen LogP contribution in [-0.2, 0) is 9.53 Å². The molecule has 0 aliphatic rings. The minimum Gasteiger partial charge on any atom is -0.461 e. The van der Waals surface area contributed by atoms with Gasteiger partial charge in [-0.05, 0) is 12.7 Å². The molecule has 0 fully saturated rings. The summed E-state index contributed by atoms with van der Waals surface area (Å²) in [5, 5.41) is 0. The Labute approximate surface area is 83.2 Å². The predicted octanol–water partition coefficient (Wildman–Crippen LogP) is 1.77. The molecule has 0 unspecified atom stereocenters. The fourth-order valence-corrected chi connectivity index (χ4v) is 1.40. The zero-order valence-corrected chi connectivity index (χ0v) is 8.92. The molecule has 70 valence electrons. The lowest BCUT2D eigenvalue weighted by Crippen LogP contribution is -2.07. The van der Waals surface area contributed by atoms with Crippen molar-refractivity contribution in [2.24, 2.45) is 0 Å². The van der Waals surface area contributed by atoms with Gasteiger partial charge in [-0.15, -0.1) is 0 Å². The van der Waals surface area contributed by atoms with E-state index in [2.05, 4.69) is 19.2 Å². The summed E-state index contributed by atoms with van der Waals surface area (Å²) >= 11 is 5.78. The molecule has 0 bridgehead atoms. The molecule has 0 atom stereocenters. The molecule has 0 aromatic carbocycles. The van der Waals surface area contributed by atoms with Gasteiger partial charge in [-0.2, -0.15) is 24.4 Å². The van der Waals surface area contributed by atoms with Crippen molar-refractivity contribution in [2.45, 2.75) is 6.92 Å². The van der Waals surface area contributed by atoms with Crippen molar-refractivity contribution in [1.82, 2.24) is 0 Å². The SMILES string of the molecule is C=C(C)C(=O)OCCSCCS. The third-order valence-corrected chi connectivity index (χ3v) is 2.52. The van der Waals surface area contributed by atoms with Gasteiger partial charge in [0.25, 0.3) is 0 Å². The number of carbonyl (C=O) groups excluding carboxylic acids is 1. The van der Waals surface area contributed by atoms with Gasteiger partial charge in [0.05, 0.1) is 0 Å². The molecule has 0 radical (unpaired) electrons. The van der Waals surface area contributed by atoms with Crippen LogP contribution < -0.4 is 0 Å². The standard InChI is InChI=1S/C8H14O2S2/c1-7(2)8(9)10-3-5-12-6-4-11/h11H,1,3-6H2,2H3. The van der Waals surface area contributed by atoms with Gasteiger partial charge in [-0.3, -0.25) is 0 Å². The van der Waals surface area contributed by atoms with Gasteiger partial charge in [0.2, 0.25) is 0 Å². The fourth-order valence-electron chi connectivity index (χ4n) is 0.483. The summed E-state index contributed by atoms with van der Waals surface area (Å²) in [5.41, 5.74) is 0.453. The molecule has 0 aliphatic carbocycles. The number of hydrogen-bond acceptors (Lipinski definition) is 4. The van der Waals surface area contributed by atoms with E-state index in [-0.39, 0.29) is 5.97 Å². The summed E-state index contributed by atoms with van der Waals surface area (Å²) in [4.78, 5) is 10.8. The van der Waals surface area contributed by atoms with Crippen molar-refractivity contribution < 1.29 is 9.53 Å². The molecule has 0 saturated heterocycles. The van der Waals surface area contributed by atoms with Gasteiger partial charge in [-0.25, -0.2) is 4.79 Å². The Hall–Kier alpha value is -0.0900. The lowest BCUT2D eigenvalue weighted by molar-refractivity contribution is -0.138. The third-order valence-electron chi connectivity index (χ3n) is 1.04. The Morgan fingerprint density at radius 2 is 2.25 bits per heavy atom. The highest BCUT2D eigenvalue weighted by Gasteiger charge is 2.01. The molecule has 4 heteroatoms. The quantitative estimate of drug-likeness (QED) is 0.310. The van der Waals surface area contributed by atoms with Gasteiger partial charge in [0.1, 0.15) is 6.61 Å². The maximum Gasteiger partial charge on any atom is 0.333 e. The van der Waals surface area contributed by atoms with Crippen molar-refractivity contribution in [2.75, 3.05) is 23.9 Å². The van der Waals surface area contributed by atoms with E-state index in [1.54, 1.807) is 18.7 Å². The Kier molecular flexibility index (Phi) is 7.50. The van der Waals surface area contributed by atoms with Crippen molar-refractivity contribution >= 4 is 30.4 Å². The maximum atomic E-state index is 10.8. The molecule has 0 heterocycles. The summed E-state index contributed by atoms with van der Waals surface area (Å²) in [6, 6.07) is 0. The molecule has 0 saturated carbocycles. The number of rotatable bonds is 6. The minimum atomic E-state index is -0.304. The molecular formula is C8H14O2S2. The second-order valence-electron chi connectivity index (χ2n) is 2.25. The highest BCUT2D eigenvalue weighted by Crippen LogP contribution is 2.01. The van der Waals surface area contributed by atoms with Crippen molar-refractivity contribution in [3.8, 4) is 0 Å². The maximum absolute atomic E-state index is 10.8. The van der Waals surface area contributed by atoms with E-state index in [9.17, 15) is 4.79 Å². The van der Waals surface area contributed by atoms with E-state index in [0.717, 1.165) is 17.3 Å². The van der Waals surface area contributed by atoms with E-state index in [1.807, 2.05) is 0 Å². The number of esters is 1. The second-order valence-corrected chi connectivity index (χ2v) is 3.92. The Morgan fingerprint density at radius 1 is 1.58 bits per heavy atom. The molecule has 0 aliphatic heterocycles. The summed E-state index contributed by atoms with van der Waals surface area (Å²) in [7, 11) is 0. The van der Waals surface area contributed by atoms with Gasteiger partial charge in [0, 0.05) is 17.1 Å². The summed E-state index contributed by atoms with van der Waals surface area (Å²) in [6.45, 7) is 5.58. The Morgan fingerprint density at radius 3 is 2.75 bits per heavy atom. The molecule has 12 heavy (non-hydrogen) atoms. The van der Waals surface area contributed by atoms with E-state index in [4.69, 9.17) is 4.74 Å². The van der Waals surface area contributed by atoms with E-state index >= 15 is 0 Å². The molecule has 2 nitrogen and oxygen atoms in total. The van der Waals surface area contributed by atoms with Crippen LogP contribution in [0.5, 0.6) is 0 Å². The molecule has 0 N–H and O–H groups in total. The average molecular weight is 206 g/mol. The molecule has 0 aromatic heterocycles. The van der Waals surface area contributed by atoms with Crippen LogP contribution in [0.2, 0.25) is 0 Å². The first-order valence-corrected chi connectivity index (χ1v) is 5.48. The number of carbonyl (C=O) groups is 1. The normalized spacial score (nSPS) is 9.50. The first-order chi connectivity index (χ1) is 5.68. The van der Waals surface area contributed by atoms with Crippen LogP contribution >= 0.6 is 24.4 Å². The topological polar surface area (TPSA) is 26.3 Å². The highest BCUT2D eigenvalue weighted by atomic mass is 32.2. The summed E-state index contributed by atoms with van der Waals surface area (Å²) in [5.74, 6) is 2.38. The Balaban J connectivity index is 3.20. The lowest BCUT2D eigenvalue weighted by atomic mass is 10.4. The smallest absolute Gasteiger partial charge is 0.333 e. The average Bonchev–Trinajstić information content (AvgIpc) is 2.03. The van der Waals surface area contributed by atoms with Gasteiger partial charge in [-0.1, -0.05) is 6.58 Å². The van der Waals surface area contributed by atoms with Gasteiger partial charge >= 0.3 is 5.97 Å². The summed E-state index contributed by atoms with van der Waals surface area (Å²) < 4.78 is 4.87. The van der Waals surface area contributed by atoms with Crippen LogP contribution in [0.15, 0.2) is 12.2 Å². The van der Waals surface area contributed by atoms with Crippen LogP contribution in [0.1, 0.15) is 6.92 Å². The summed E-state index contributed by atoms with van der Waals surface area (Å²) in [6.07, 6.45) is 0. The monoisotopic (exact) mass is 206 g/mol. The zero-order valence-electron chi connectivity index (χ0n) is 7.21. The molecular weight excluding hydrogens is 192 g/mol. The lowest BCUT2D eigenvalue weighted by Gasteiger charge is -2.02. The third kappa shape index (κ3) is 6.61. The van der Waals surface area contributed by atoms with E-state index in [0.29, 0.717) is 12.2 Å². The first-order valence-electron chi connectivity index (χ1n) is 3.69. The van der Waals surface area contributed by atoms with Gasteiger partial charge in [0.15, 0.2) is 0 Å². The number of thiol groups is 1. The van der Waals surface area contributed by atoms with Crippen molar-refractivity contribution in [3.63, 3.8) is 0 Å². The second kappa shape index (κ2) is 7.55. The molecule has 0 aromatic rings. The number of ether oxygens (including phenoxy) is 1. The van der Waals surface area contributed by atoms with Crippen molar-refractivity contribution in [3.05, 3.63) is 12.2 Å². The van der Waals surface area contributed by atoms with Crippen molar-refractivity contribution in [1.29, 1.82) is 0 Å². The van der Waals surface area contributed by atoms with Crippen LogP contribution in [0.25, 0.3) is 0 Å². The minimum absolute atomic E-state index is 0.304. The van der Waals surface area contributed by atoms with E-state index < -0.39 is 0 Å². The van der Waals surface area contributed by atoms with E-state index in [1.165, 1.54) is 0 Å². The van der Waals surface area contributed by atoms with Crippen LogP contribution in [-0.4, -0.2) is 29.8 Å². The number of hydrogen-bond donors (Lipinski definition) is 1. The zero-order chi connectivity index (χ0) is 9.40. The highest BCUT2D eigenvalue weighted by molar-refractivity contribution is 8.00. The molecule has 0 amide bonds. The van der Waals surface area contributed by atoms with Crippen LogP contribution in [0, 0.1) is 0 Å². The fraction of sp³-hybridized carbons (Fsp3) is 0.625. The van der Waals surface area contributed by atoms with Crippen LogP contribution in [0.3, 0.4) is 0 Å². The number of thioether (sulfide) groups is 1. The van der Waals surface area contributed by atoms with Gasteiger partial charge < -0.3 is 4.74 Å². The first kappa shape index (κ1) is 11.9. The predicted molar refractivity (Wildman–Crippen MR) is 57.0 cm³/mol. The largest absolute Gasteiger partial charge is 0.461 e. The Bertz CT molecular complexity index is 157.